The van der Waals surface area contributed by atoms with E-state index in [9.17, 15) is 0 Å². The van der Waals surface area contributed by atoms with Crippen molar-refractivity contribution in [3.63, 3.8) is 0 Å². The van der Waals surface area contributed by atoms with Crippen molar-refractivity contribution in [1.82, 2.24) is 19.7 Å². The summed E-state index contributed by atoms with van der Waals surface area (Å²) in [5.74, 6) is 2.13. The number of hydrogen-bond donors (Lipinski definition) is 0. The van der Waals surface area contributed by atoms with E-state index in [1.54, 1.807) is 11.3 Å². The molecule has 134 valence electrons. The van der Waals surface area contributed by atoms with Crippen LogP contribution in [0.15, 0.2) is 5.38 Å². The van der Waals surface area contributed by atoms with Gasteiger partial charge in [0.05, 0.1) is 13.2 Å². The van der Waals surface area contributed by atoms with Crippen LogP contribution in [0.1, 0.15) is 44.3 Å². The highest BCUT2D eigenvalue weighted by Crippen LogP contribution is 2.44. The summed E-state index contributed by atoms with van der Waals surface area (Å²) in [5.41, 5.74) is 1.41. The van der Waals surface area contributed by atoms with Gasteiger partial charge in [0, 0.05) is 31.4 Å². The molecule has 1 saturated heterocycles. The summed E-state index contributed by atoms with van der Waals surface area (Å²) in [5, 5.41) is 12.2. The molecule has 5 rings (SSSR count). The van der Waals surface area contributed by atoms with Gasteiger partial charge in [0.15, 0.2) is 11.0 Å². The summed E-state index contributed by atoms with van der Waals surface area (Å²) in [6.07, 6.45) is 9.30. The number of ether oxygens (including phenoxy) is 1. The summed E-state index contributed by atoms with van der Waals surface area (Å²) < 4.78 is 7.79. The molecule has 1 aliphatic carbocycles. The molecular weight excluding hydrogens is 334 g/mol. The molecule has 6 nitrogen and oxygen atoms in total. The molecule has 1 saturated carbocycles. The first-order valence-electron chi connectivity index (χ1n) is 9.54. The Morgan fingerprint density at radius 2 is 1.84 bits per heavy atom. The summed E-state index contributed by atoms with van der Waals surface area (Å²) in [4.78, 5) is 7.18. The van der Waals surface area contributed by atoms with Gasteiger partial charge in [-0.2, -0.15) is 0 Å². The monoisotopic (exact) mass is 359 g/mol. The van der Waals surface area contributed by atoms with Gasteiger partial charge in [-0.3, -0.25) is 0 Å². The fourth-order valence-corrected chi connectivity index (χ4v) is 5.49. The maximum atomic E-state index is 5.44. The quantitative estimate of drug-likeness (QED) is 0.824. The minimum absolute atomic E-state index is 0.430. The maximum Gasteiger partial charge on any atom is 0.186 e. The topological polar surface area (TPSA) is 56.1 Å². The predicted molar refractivity (Wildman–Crippen MR) is 98.0 cm³/mol. The number of morpholine rings is 1. The second-order valence-corrected chi connectivity index (χ2v) is 8.57. The Kier molecular flexibility index (Phi) is 4.01. The van der Waals surface area contributed by atoms with Gasteiger partial charge in [-0.15, -0.1) is 21.5 Å². The van der Waals surface area contributed by atoms with E-state index >= 15 is 0 Å². The molecular formula is C18H25N5OS. The summed E-state index contributed by atoms with van der Waals surface area (Å²) >= 11 is 1.71. The number of hydrogen-bond acceptors (Lipinski definition) is 6. The van der Waals surface area contributed by atoms with Gasteiger partial charge < -0.3 is 14.2 Å². The third-order valence-electron chi connectivity index (χ3n) is 6.02. The standard InChI is InChI=1S/C18H25N5OS/c1-2-4-6-18(5-3-1)11-15-20-21-16(23(15)13-18)14-12-25-17(19-14)22-7-9-24-10-8-22/h12H,1-11,13H2. The molecule has 0 radical (unpaired) electrons. The minimum Gasteiger partial charge on any atom is -0.378 e. The van der Waals surface area contributed by atoms with Crippen LogP contribution in [0.3, 0.4) is 0 Å². The van der Waals surface area contributed by atoms with E-state index in [0.29, 0.717) is 5.41 Å². The molecule has 7 heteroatoms. The first-order valence-corrected chi connectivity index (χ1v) is 10.4. The molecule has 0 unspecified atom stereocenters. The second-order valence-electron chi connectivity index (χ2n) is 7.73. The summed E-state index contributed by atoms with van der Waals surface area (Å²) in [6, 6.07) is 0. The van der Waals surface area contributed by atoms with Gasteiger partial charge in [-0.05, 0) is 18.3 Å². The molecule has 1 spiro atoms. The Bertz CT molecular complexity index is 740. The molecule has 0 aromatic carbocycles. The minimum atomic E-state index is 0.430. The molecule has 2 aliphatic heterocycles. The summed E-state index contributed by atoms with van der Waals surface area (Å²) in [7, 11) is 0. The van der Waals surface area contributed by atoms with Crippen molar-refractivity contribution < 1.29 is 4.74 Å². The fraction of sp³-hybridized carbons (Fsp3) is 0.722. The normalized spacial score (nSPS) is 23.0. The van der Waals surface area contributed by atoms with Gasteiger partial charge in [0.2, 0.25) is 0 Å². The number of thiazole rings is 1. The van der Waals surface area contributed by atoms with E-state index in [2.05, 4.69) is 25.0 Å². The zero-order valence-electron chi connectivity index (χ0n) is 14.6. The van der Waals surface area contributed by atoms with Crippen LogP contribution < -0.4 is 4.90 Å². The molecule has 2 aromatic heterocycles. The van der Waals surface area contributed by atoms with Crippen molar-refractivity contribution in [2.45, 2.75) is 51.5 Å². The highest BCUT2D eigenvalue weighted by atomic mass is 32.1. The molecule has 0 N–H and O–H groups in total. The van der Waals surface area contributed by atoms with Gasteiger partial charge in [-0.25, -0.2) is 4.98 Å². The van der Waals surface area contributed by atoms with Crippen LogP contribution in [0.2, 0.25) is 0 Å². The van der Waals surface area contributed by atoms with Gasteiger partial charge in [0.1, 0.15) is 11.5 Å². The van der Waals surface area contributed by atoms with Crippen LogP contribution in [0.4, 0.5) is 5.13 Å². The van der Waals surface area contributed by atoms with Gasteiger partial charge >= 0.3 is 0 Å². The SMILES string of the molecule is c1sc(N2CCOCC2)nc1-c1nnc2n1CC1(CCCCCC1)C2. The Balaban J connectivity index is 1.40. The van der Waals surface area contributed by atoms with Gasteiger partial charge in [-0.1, -0.05) is 25.7 Å². The largest absolute Gasteiger partial charge is 0.378 e. The van der Waals surface area contributed by atoms with Crippen LogP contribution in [0, 0.1) is 5.41 Å². The zero-order chi connectivity index (χ0) is 16.7. The average Bonchev–Trinajstić information content (AvgIpc) is 3.28. The Labute approximate surface area is 152 Å². The first kappa shape index (κ1) is 15.8. The molecule has 25 heavy (non-hydrogen) atoms. The zero-order valence-corrected chi connectivity index (χ0v) is 15.4. The first-order chi connectivity index (χ1) is 12.3. The molecule has 2 fully saturated rings. The van der Waals surface area contributed by atoms with E-state index in [4.69, 9.17) is 9.72 Å². The number of nitrogens with zero attached hydrogens (tertiary/aromatic N) is 5. The second kappa shape index (κ2) is 6.36. The highest BCUT2D eigenvalue weighted by molar-refractivity contribution is 7.14. The van der Waals surface area contributed by atoms with Gasteiger partial charge in [0.25, 0.3) is 0 Å². The highest BCUT2D eigenvalue weighted by Gasteiger charge is 2.40. The van der Waals surface area contributed by atoms with Crippen LogP contribution in [0.5, 0.6) is 0 Å². The fourth-order valence-electron chi connectivity index (χ4n) is 4.63. The van der Waals surface area contributed by atoms with E-state index in [1.807, 2.05) is 0 Å². The number of anilines is 1. The van der Waals surface area contributed by atoms with Crippen molar-refractivity contribution >= 4 is 16.5 Å². The number of aromatic nitrogens is 4. The maximum absolute atomic E-state index is 5.44. The lowest BCUT2D eigenvalue weighted by Crippen LogP contribution is -2.36. The third-order valence-corrected chi connectivity index (χ3v) is 6.92. The molecule has 0 amide bonds. The van der Waals surface area contributed by atoms with E-state index in [1.165, 1.54) is 38.5 Å². The number of rotatable bonds is 2. The lowest BCUT2D eigenvalue weighted by molar-refractivity contribution is 0.122. The third kappa shape index (κ3) is 2.87. The predicted octanol–water partition coefficient (Wildman–Crippen LogP) is 3.13. The van der Waals surface area contributed by atoms with Crippen molar-refractivity contribution in [2.24, 2.45) is 5.41 Å². The van der Waals surface area contributed by atoms with Crippen molar-refractivity contribution in [2.75, 3.05) is 31.2 Å². The molecule has 3 aliphatic rings. The van der Waals surface area contributed by atoms with E-state index in [0.717, 1.165) is 61.7 Å². The Hall–Kier alpha value is -1.47. The van der Waals surface area contributed by atoms with Crippen LogP contribution >= 0.6 is 11.3 Å². The van der Waals surface area contributed by atoms with E-state index in [-0.39, 0.29) is 0 Å². The van der Waals surface area contributed by atoms with E-state index < -0.39 is 0 Å². The lowest BCUT2D eigenvalue weighted by Gasteiger charge is -2.26. The van der Waals surface area contributed by atoms with Crippen molar-refractivity contribution in [3.05, 3.63) is 11.2 Å². The smallest absolute Gasteiger partial charge is 0.186 e. The molecule has 2 aromatic rings. The van der Waals surface area contributed by atoms with Crippen molar-refractivity contribution in [3.8, 4) is 11.5 Å². The molecule has 0 atom stereocenters. The van der Waals surface area contributed by atoms with Crippen LogP contribution in [0.25, 0.3) is 11.5 Å². The molecule has 4 heterocycles. The Morgan fingerprint density at radius 1 is 1.04 bits per heavy atom. The number of fused-ring (bicyclic) bond motifs is 1. The lowest BCUT2D eigenvalue weighted by atomic mass is 9.79. The Morgan fingerprint density at radius 3 is 2.64 bits per heavy atom. The summed E-state index contributed by atoms with van der Waals surface area (Å²) in [6.45, 7) is 4.51. The van der Waals surface area contributed by atoms with Crippen LogP contribution in [-0.2, 0) is 17.7 Å². The molecule has 0 bridgehead atoms. The van der Waals surface area contributed by atoms with Crippen LogP contribution in [-0.4, -0.2) is 46.1 Å². The van der Waals surface area contributed by atoms with Crippen molar-refractivity contribution in [1.29, 1.82) is 0 Å². The average molecular weight is 359 g/mol.